The Bertz CT molecular complexity index is 582. The van der Waals surface area contributed by atoms with Gasteiger partial charge >= 0.3 is 0 Å². The molecule has 2 N–H and O–H groups in total. The first kappa shape index (κ1) is 14.9. The van der Waals surface area contributed by atoms with Crippen LogP contribution in [-0.4, -0.2) is 56.6 Å². The van der Waals surface area contributed by atoms with Crippen molar-refractivity contribution in [3.8, 4) is 0 Å². The summed E-state index contributed by atoms with van der Waals surface area (Å²) in [4.78, 5) is 18.1. The first-order valence-electron chi connectivity index (χ1n) is 6.35. The molecule has 0 unspecified atom stereocenters. The molecule has 1 saturated heterocycles. The Hall–Kier alpha value is -1.51. The highest BCUT2D eigenvalue weighted by Crippen LogP contribution is 2.07. The van der Waals surface area contributed by atoms with Crippen molar-refractivity contribution in [1.82, 2.24) is 19.9 Å². The van der Waals surface area contributed by atoms with Crippen LogP contribution in [0.4, 0.5) is 0 Å². The lowest BCUT2D eigenvalue weighted by Crippen LogP contribution is -2.46. The van der Waals surface area contributed by atoms with Gasteiger partial charge in [0.2, 0.25) is 10.0 Å². The summed E-state index contributed by atoms with van der Waals surface area (Å²) in [6, 6.07) is 3.27. The number of sulfonamides is 1. The number of pyridine rings is 1. The molecule has 0 atom stereocenters. The number of rotatable bonds is 4. The van der Waals surface area contributed by atoms with Crippen molar-refractivity contribution in [2.24, 2.45) is 0 Å². The summed E-state index contributed by atoms with van der Waals surface area (Å²) in [6.45, 7) is 3.02. The highest BCUT2D eigenvalue weighted by Gasteiger charge is 2.18. The fraction of sp³-hybridized carbons (Fsp3) is 0.500. The topological polar surface area (TPSA) is 91.4 Å². The van der Waals surface area contributed by atoms with Crippen molar-refractivity contribution >= 4 is 15.9 Å². The van der Waals surface area contributed by atoms with Crippen LogP contribution < -0.4 is 10.0 Å². The minimum absolute atomic E-state index is 0.0468. The van der Waals surface area contributed by atoms with Crippen LogP contribution in [0.25, 0.3) is 0 Å². The molecule has 1 aromatic heterocycles. The van der Waals surface area contributed by atoms with Crippen molar-refractivity contribution in [2.45, 2.75) is 6.54 Å². The van der Waals surface area contributed by atoms with E-state index in [0.29, 0.717) is 24.3 Å². The highest BCUT2D eigenvalue weighted by atomic mass is 32.2. The molecule has 20 heavy (non-hydrogen) atoms. The lowest BCUT2D eigenvalue weighted by atomic mass is 10.2. The molecular formula is C12H18N4O3S. The van der Waals surface area contributed by atoms with Crippen LogP contribution in [0.15, 0.2) is 18.3 Å². The number of hydrogen-bond acceptors (Lipinski definition) is 5. The first-order chi connectivity index (χ1) is 9.46. The average Bonchev–Trinajstić information content (AvgIpc) is 2.45. The van der Waals surface area contributed by atoms with Crippen LogP contribution >= 0.6 is 0 Å². The SMILES string of the molecule is CS(=O)(=O)NCc1cc(C(=O)N2CCNCC2)ccn1. The van der Waals surface area contributed by atoms with E-state index >= 15 is 0 Å². The van der Waals surface area contributed by atoms with Crippen LogP contribution in [0, 0.1) is 0 Å². The van der Waals surface area contributed by atoms with Crippen LogP contribution in [0.5, 0.6) is 0 Å². The Labute approximate surface area is 118 Å². The zero-order chi connectivity index (χ0) is 14.6. The van der Waals surface area contributed by atoms with Crippen molar-refractivity contribution in [3.63, 3.8) is 0 Å². The zero-order valence-corrected chi connectivity index (χ0v) is 12.1. The molecule has 0 aromatic carbocycles. The molecule has 1 aliphatic rings. The van der Waals surface area contributed by atoms with E-state index in [1.165, 1.54) is 6.20 Å². The summed E-state index contributed by atoms with van der Waals surface area (Å²) in [5.74, 6) is -0.0468. The molecule has 0 bridgehead atoms. The van der Waals surface area contributed by atoms with Crippen molar-refractivity contribution in [1.29, 1.82) is 0 Å². The lowest BCUT2D eigenvalue weighted by molar-refractivity contribution is 0.0735. The number of nitrogens with one attached hydrogen (secondary N) is 2. The standard InChI is InChI=1S/C12H18N4O3S/c1-20(18,19)15-9-11-8-10(2-3-14-11)12(17)16-6-4-13-5-7-16/h2-3,8,13,15H,4-7,9H2,1H3. The second kappa shape index (κ2) is 6.29. The maximum absolute atomic E-state index is 12.3. The third kappa shape index (κ3) is 4.26. The number of amides is 1. The van der Waals surface area contributed by atoms with Gasteiger partial charge < -0.3 is 10.2 Å². The van der Waals surface area contributed by atoms with E-state index in [-0.39, 0.29) is 12.5 Å². The van der Waals surface area contributed by atoms with Gasteiger partial charge in [-0.05, 0) is 12.1 Å². The molecule has 1 aromatic rings. The third-order valence-corrected chi connectivity index (χ3v) is 3.65. The Balaban J connectivity index is 2.06. The minimum atomic E-state index is -3.27. The van der Waals surface area contributed by atoms with Crippen LogP contribution in [0.2, 0.25) is 0 Å². The van der Waals surface area contributed by atoms with Gasteiger partial charge in [-0.15, -0.1) is 0 Å². The van der Waals surface area contributed by atoms with Gasteiger partial charge in [0.15, 0.2) is 0 Å². The van der Waals surface area contributed by atoms with Gasteiger partial charge in [0, 0.05) is 37.9 Å². The summed E-state index contributed by atoms with van der Waals surface area (Å²) in [5.41, 5.74) is 1.06. The van der Waals surface area contributed by atoms with E-state index in [2.05, 4.69) is 15.0 Å². The zero-order valence-electron chi connectivity index (χ0n) is 11.3. The van der Waals surface area contributed by atoms with Gasteiger partial charge in [0.1, 0.15) is 0 Å². The number of carbonyl (C=O) groups is 1. The number of piperazine rings is 1. The fourth-order valence-corrected chi connectivity index (χ4v) is 2.37. The predicted molar refractivity (Wildman–Crippen MR) is 74.7 cm³/mol. The second-order valence-electron chi connectivity index (χ2n) is 4.67. The normalized spacial score (nSPS) is 16.1. The Kier molecular flexibility index (Phi) is 4.69. The average molecular weight is 298 g/mol. The molecule has 0 radical (unpaired) electrons. The number of nitrogens with zero attached hydrogens (tertiary/aromatic N) is 2. The van der Waals surface area contributed by atoms with Crippen molar-refractivity contribution < 1.29 is 13.2 Å². The van der Waals surface area contributed by atoms with Crippen LogP contribution in [0.3, 0.4) is 0 Å². The van der Waals surface area contributed by atoms with E-state index in [9.17, 15) is 13.2 Å². The lowest BCUT2D eigenvalue weighted by Gasteiger charge is -2.27. The summed E-state index contributed by atoms with van der Waals surface area (Å²) >= 11 is 0. The monoisotopic (exact) mass is 298 g/mol. The molecule has 0 spiro atoms. The molecule has 2 rings (SSSR count). The Morgan fingerprint density at radius 3 is 2.80 bits per heavy atom. The predicted octanol–water partition coefficient (Wildman–Crippen LogP) is -0.824. The number of aromatic nitrogens is 1. The molecule has 8 heteroatoms. The summed E-state index contributed by atoms with van der Waals surface area (Å²) in [5, 5.41) is 3.19. The van der Waals surface area contributed by atoms with E-state index in [0.717, 1.165) is 19.3 Å². The Morgan fingerprint density at radius 2 is 2.15 bits per heavy atom. The van der Waals surface area contributed by atoms with Gasteiger partial charge in [-0.1, -0.05) is 0 Å². The smallest absolute Gasteiger partial charge is 0.254 e. The molecule has 0 saturated carbocycles. The van der Waals surface area contributed by atoms with E-state index in [4.69, 9.17) is 0 Å². The summed E-state index contributed by atoms with van der Waals surface area (Å²) < 4.78 is 24.5. The van der Waals surface area contributed by atoms with Gasteiger partial charge in [-0.25, -0.2) is 13.1 Å². The fourth-order valence-electron chi connectivity index (χ4n) is 1.96. The van der Waals surface area contributed by atoms with Gasteiger partial charge in [-0.2, -0.15) is 0 Å². The maximum atomic E-state index is 12.3. The first-order valence-corrected chi connectivity index (χ1v) is 8.24. The van der Waals surface area contributed by atoms with Gasteiger partial charge in [-0.3, -0.25) is 9.78 Å². The summed E-state index contributed by atoms with van der Waals surface area (Å²) in [6.07, 6.45) is 2.61. The van der Waals surface area contributed by atoms with Gasteiger partial charge in [0.05, 0.1) is 18.5 Å². The second-order valence-corrected chi connectivity index (χ2v) is 6.50. The third-order valence-electron chi connectivity index (χ3n) is 2.98. The maximum Gasteiger partial charge on any atom is 0.254 e. The Morgan fingerprint density at radius 1 is 1.45 bits per heavy atom. The molecule has 7 nitrogen and oxygen atoms in total. The van der Waals surface area contributed by atoms with E-state index in [1.807, 2.05) is 0 Å². The van der Waals surface area contributed by atoms with Crippen molar-refractivity contribution in [3.05, 3.63) is 29.6 Å². The summed E-state index contributed by atoms with van der Waals surface area (Å²) in [7, 11) is -3.27. The molecule has 0 aliphatic carbocycles. The van der Waals surface area contributed by atoms with Crippen LogP contribution in [0.1, 0.15) is 16.1 Å². The molecular weight excluding hydrogens is 280 g/mol. The molecule has 1 aliphatic heterocycles. The molecule has 2 heterocycles. The number of carbonyl (C=O) groups excluding carboxylic acids is 1. The quantitative estimate of drug-likeness (QED) is 0.757. The highest BCUT2D eigenvalue weighted by molar-refractivity contribution is 7.88. The van der Waals surface area contributed by atoms with Gasteiger partial charge in [0.25, 0.3) is 5.91 Å². The van der Waals surface area contributed by atoms with Crippen LogP contribution in [-0.2, 0) is 16.6 Å². The molecule has 1 amide bonds. The largest absolute Gasteiger partial charge is 0.336 e. The molecule has 110 valence electrons. The van der Waals surface area contributed by atoms with Crippen molar-refractivity contribution in [2.75, 3.05) is 32.4 Å². The minimum Gasteiger partial charge on any atom is -0.336 e. The van der Waals surface area contributed by atoms with E-state index in [1.54, 1.807) is 17.0 Å². The number of hydrogen-bond donors (Lipinski definition) is 2. The van der Waals surface area contributed by atoms with E-state index < -0.39 is 10.0 Å². The molecule has 1 fully saturated rings.